The third kappa shape index (κ3) is 3.73. The highest BCUT2D eigenvalue weighted by molar-refractivity contribution is 5.85. The van der Waals surface area contributed by atoms with Crippen LogP contribution in [0, 0.1) is 0 Å². The first-order valence-corrected chi connectivity index (χ1v) is 5.13. The number of carbonyl (C=O) groups excluding carboxylic acids is 1. The summed E-state index contributed by atoms with van der Waals surface area (Å²) in [6.07, 6.45) is 0.102. The van der Waals surface area contributed by atoms with E-state index in [1.807, 2.05) is 0 Å². The Morgan fingerprint density at radius 2 is 2.22 bits per heavy atom. The van der Waals surface area contributed by atoms with E-state index in [-0.39, 0.29) is 24.2 Å². The Kier molecular flexibility index (Phi) is 5.15. The Hall–Kier alpha value is -1.56. The zero-order valence-electron chi connectivity index (χ0n) is 9.27. The molecule has 1 aliphatic heterocycles. The normalized spacial score (nSPS) is 18.6. The minimum atomic E-state index is -2.85. The number of halogens is 3. The first kappa shape index (κ1) is 14.5. The van der Waals surface area contributed by atoms with Crippen molar-refractivity contribution in [3.8, 4) is 5.75 Å². The van der Waals surface area contributed by atoms with Crippen molar-refractivity contribution in [2.24, 2.45) is 0 Å². The van der Waals surface area contributed by atoms with Crippen LogP contribution >= 0.6 is 12.4 Å². The Balaban J connectivity index is 0.00000162. The smallest absolute Gasteiger partial charge is 0.407 e. The number of carbonyl (C=O) groups is 1. The van der Waals surface area contributed by atoms with Crippen molar-refractivity contribution in [1.29, 1.82) is 0 Å². The van der Waals surface area contributed by atoms with Gasteiger partial charge in [-0.1, -0.05) is 12.1 Å². The van der Waals surface area contributed by atoms with Crippen LogP contribution in [0.1, 0.15) is 18.0 Å². The molecule has 1 aromatic carbocycles. The highest BCUT2D eigenvalue weighted by Crippen LogP contribution is 2.24. The van der Waals surface area contributed by atoms with E-state index in [0.717, 1.165) is 5.56 Å². The van der Waals surface area contributed by atoms with Gasteiger partial charge < -0.3 is 14.8 Å². The van der Waals surface area contributed by atoms with Crippen LogP contribution in [0.3, 0.4) is 0 Å². The van der Waals surface area contributed by atoms with Crippen LogP contribution in [0.2, 0.25) is 0 Å². The average Bonchev–Trinajstić information content (AvgIpc) is 2.28. The largest absolute Gasteiger partial charge is 0.449 e. The van der Waals surface area contributed by atoms with Gasteiger partial charge in [-0.2, -0.15) is 8.78 Å². The van der Waals surface area contributed by atoms with Crippen LogP contribution in [-0.4, -0.2) is 19.3 Å². The minimum Gasteiger partial charge on any atom is -0.449 e. The summed E-state index contributed by atoms with van der Waals surface area (Å²) in [6.45, 7) is -2.54. The fraction of sp³-hybridized carbons (Fsp3) is 0.364. The third-order valence-corrected chi connectivity index (χ3v) is 2.42. The second kappa shape index (κ2) is 6.39. The first-order valence-electron chi connectivity index (χ1n) is 5.13. The van der Waals surface area contributed by atoms with Crippen molar-refractivity contribution < 1.29 is 23.0 Å². The van der Waals surface area contributed by atoms with E-state index in [1.165, 1.54) is 12.1 Å². The fourth-order valence-electron chi connectivity index (χ4n) is 1.68. The number of nitrogens with one attached hydrogen (secondary N) is 1. The quantitative estimate of drug-likeness (QED) is 0.925. The SMILES string of the molecule is Cl.O=C1N[C@@H](c2cccc(OC(F)F)c2)CCO1. The summed E-state index contributed by atoms with van der Waals surface area (Å²) in [5.74, 6) is 0.0817. The highest BCUT2D eigenvalue weighted by Gasteiger charge is 2.21. The Bertz CT molecular complexity index is 417. The second-order valence-electron chi connectivity index (χ2n) is 3.57. The molecule has 0 aromatic heterocycles. The lowest BCUT2D eigenvalue weighted by molar-refractivity contribution is -0.0499. The van der Waals surface area contributed by atoms with Gasteiger partial charge in [-0.05, 0) is 17.7 Å². The maximum absolute atomic E-state index is 12.0. The number of alkyl halides is 2. The van der Waals surface area contributed by atoms with Crippen molar-refractivity contribution >= 4 is 18.5 Å². The van der Waals surface area contributed by atoms with E-state index in [1.54, 1.807) is 12.1 Å². The zero-order valence-corrected chi connectivity index (χ0v) is 10.1. The van der Waals surface area contributed by atoms with Crippen molar-refractivity contribution in [2.75, 3.05) is 6.61 Å². The molecule has 1 atom stereocenters. The Morgan fingerprint density at radius 3 is 2.89 bits per heavy atom. The molecule has 4 nitrogen and oxygen atoms in total. The van der Waals surface area contributed by atoms with Gasteiger partial charge in [0.25, 0.3) is 0 Å². The van der Waals surface area contributed by atoms with E-state index in [4.69, 9.17) is 4.74 Å². The number of benzene rings is 1. The molecule has 7 heteroatoms. The number of amides is 1. The number of hydrogen-bond acceptors (Lipinski definition) is 3. The molecule has 0 spiro atoms. The van der Waals surface area contributed by atoms with E-state index in [0.29, 0.717) is 13.0 Å². The van der Waals surface area contributed by atoms with Gasteiger partial charge in [0, 0.05) is 6.42 Å². The van der Waals surface area contributed by atoms with E-state index in [9.17, 15) is 13.6 Å². The molecule has 0 saturated carbocycles. The number of cyclic esters (lactones) is 1. The van der Waals surface area contributed by atoms with Crippen LogP contribution in [0.15, 0.2) is 24.3 Å². The monoisotopic (exact) mass is 279 g/mol. The first-order chi connectivity index (χ1) is 8.15. The second-order valence-corrected chi connectivity index (χ2v) is 3.57. The summed E-state index contributed by atoms with van der Waals surface area (Å²) in [5, 5.41) is 2.61. The summed E-state index contributed by atoms with van der Waals surface area (Å²) < 4.78 is 33.1. The molecule has 100 valence electrons. The summed E-state index contributed by atoms with van der Waals surface area (Å²) in [4.78, 5) is 11.0. The van der Waals surface area contributed by atoms with Crippen molar-refractivity contribution in [3.63, 3.8) is 0 Å². The third-order valence-electron chi connectivity index (χ3n) is 2.42. The van der Waals surface area contributed by atoms with Crippen molar-refractivity contribution in [1.82, 2.24) is 5.32 Å². The highest BCUT2D eigenvalue weighted by atomic mass is 35.5. The Labute approximate surface area is 109 Å². The van der Waals surface area contributed by atoms with Crippen LogP contribution < -0.4 is 10.1 Å². The lowest BCUT2D eigenvalue weighted by Gasteiger charge is -2.23. The maximum atomic E-state index is 12.0. The van der Waals surface area contributed by atoms with Gasteiger partial charge in [-0.3, -0.25) is 0 Å². The number of rotatable bonds is 3. The fourth-order valence-corrected chi connectivity index (χ4v) is 1.68. The number of hydrogen-bond donors (Lipinski definition) is 1. The van der Waals surface area contributed by atoms with Crippen molar-refractivity contribution in [3.05, 3.63) is 29.8 Å². The molecule has 1 aromatic rings. The molecule has 0 radical (unpaired) electrons. The van der Waals surface area contributed by atoms with Crippen molar-refractivity contribution in [2.45, 2.75) is 19.1 Å². The maximum Gasteiger partial charge on any atom is 0.407 e. The molecule has 1 amide bonds. The van der Waals surface area contributed by atoms with Gasteiger partial charge in [0.2, 0.25) is 0 Å². The van der Waals surface area contributed by atoms with Gasteiger partial charge >= 0.3 is 12.7 Å². The predicted molar refractivity (Wildman–Crippen MR) is 62.2 cm³/mol. The minimum absolute atomic E-state index is 0. The molecule has 2 rings (SSSR count). The van der Waals surface area contributed by atoms with Crippen LogP contribution in [-0.2, 0) is 4.74 Å². The lowest BCUT2D eigenvalue weighted by Crippen LogP contribution is -2.35. The van der Waals surface area contributed by atoms with Gasteiger partial charge in [0.05, 0.1) is 12.6 Å². The lowest BCUT2D eigenvalue weighted by atomic mass is 10.0. The molecule has 0 unspecified atom stereocenters. The van der Waals surface area contributed by atoms with Gasteiger partial charge in [0.15, 0.2) is 0 Å². The van der Waals surface area contributed by atoms with Crippen LogP contribution in [0.25, 0.3) is 0 Å². The van der Waals surface area contributed by atoms with Crippen LogP contribution in [0.5, 0.6) is 5.75 Å². The molecule has 1 aliphatic rings. The zero-order chi connectivity index (χ0) is 12.3. The summed E-state index contributed by atoms with van der Waals surface area (Å²) in [7, 11) is 0. The molecule has 0 aliphatic carbocycles. The molecule has 1 heterocycles. The summed E-state index contributed by atoms with van der Waals surface area (Å²) >= 11 is 0. The Morgan fingerprint density at radius 1 is 1.44 bits per heavy atom. The molecular formula is C11H12ClF2NO3. The number of ether oxygens (including phenoxy) is 2. The molecule has 0 bridgehead atoms. The average molecular weight is 280 g/mol. The molecule has 1 N–H and O–H groups in total. The van der Waals surface area contributed by atoms with Gasteiger partial charge in [-0.15, -0.1) is 12.4 Å². The van der Waals surface area contributed by atoms with E-state index >= 15 is 0 Å². The predicted octanol–water partition coefficient (Wildman–Crippen LogP) is 2.88. The molecule has 1 fully saturated rings. The molecule has 1 saturated heterocycles. The summed E-state index contributed by atoms with van der Waals surface area (Å²) in [5.41, 5.74) is 0.722. The van der Waals surface area contributed by atoms with E-state index in [2.05, 4.69) is 10.1 Å². The topological polar surface area (TPSA) is 47.6 Å². The van der Waals surface area contributed by atoms with Gasteiger partial charge in [0.1, 0.15) is 5.75 Å². The molecular weight excluding hydrogens is 268 g/mol. The van der Waals surface area contributed by atoms with Crippen LogP contribution in [0.4, 0.5) is 13.6 Å². The number of alkyl carbamates (subject to hydrolysis) is 1. The van der Waals surface area contributed by atoms with E-state index < -0.39 is 12.7 Å². The molecule has 18 heavy (non-hydrogen) atoms. The summed E-state index contributed by atoms with van der Waals surface area (Å²) in [6, 6.07) is 6.06. The van der Waals surface area contributed by atoms with Gasteiger partial charge in [-0.25, -0.2) is 4.79 Å². The standard InChI is InChI=1S/C11H11F2NO3.ClH/c12-10(13)17-8-3-1-2-7(6-8)9-4-5-16-11(15)14-9;/h1-3,6,9-10H,4-5H2,(H,14,15);1H/t9-;/m1./s1.